The third kappa shape index (κ3) is 6.83. The molecule has 1 aliphatic rings. The first kappa shape index (κ1) is 29.5. The van der Waals surface area contributed by atoms with E-state index >= 15 is 0 Å². The first-order chi connectivity index (χ1) is 21.6. The Balaban J connectivity index is 1.27. The molecule has 0 amide bonds. The van der Waals surface area contributed by atoms with Crippen molar-refractivity contribution in [1.29, 1.82) is 0 Å². The van der Waals surface area contributed by atoms with Crippen LogP contribution in [0.5, 0.6) is 23.0 Å². The molecular weight excluding hydrogens is 550 g/mol. The van der Waals surface area contributed by atoms with Gasteiger partial charge in [0.2, 0.25) is 0 Å². The van der Waals surface area contributed by atoms with Crippen LogP contribution < -0.4 is 14.2 Å². The zero-order valence-electron chi connectivity index (χ0n) is 25.1. The number of nitrogens with zero attached hydrogens (tertiary/aromatic N) is 1. The molecule has 226 valence electrons. The fourth-order valence-electron chi connectivity index (χ4n) is 5.95. The Kier molecular flexibility index (Phi) is 9.30. The van der Waals surface area contributed by atoms with E-state index in [1.54, 1.807) is 13.2 Å². The molecule has 6 nitrogen and oxygen atoms in total. The standard InChI is InChI=1S/C38H39NO5/c1-42-31-15-18-33-29(24-31)12-17-35(34-19-16-32(25-36(34)40)44-26-27-8-4-2-5-9-27)37(33)38(41)28-10-13-30(14-11-28)43-23-22-39-20-6-3-7-21-39/h2,4-5,8-19,24-25,38,40-41H,3,6-7,20-23,26H2,1H3. The fraction of sp³-hybridized carbons (Fsp3) is 0.263. The minimum absolute atomic E-state index is 0.0781. The molecule has 5 aromatic rings. The second-order valence-corrected chi connectivity index (χ2v) is 11.3. The molecule has 0 bridgehead atoms. The van der Waals surface area contributed by atoms with Crippen LogP contribution in [0, 0.1) is 0 Å². The summed E-state index contributed by atoms with van der Waals surface area (Å²) in [7, 11) is 1.64. The summed E-state index contributed by atoms with van der Waals surface area (Å²) in [5, 5.41) is 24.9. The van der Waals surface area contributed by atoms with Gasteiger partial charge in [-0.05, 0) is 89.8 Å². The van der Waals surface area contributed by atoms with Crippen LogP contribution in [-0.2, 0) is 6.61 Å². The third-order valence-electron chi connectivity index (χ3n) is 8.37. The molecule has 0 radical (unpaired) electrons. The van der Waals surface area contributed by atoms with Gasteiger partial charge in [0.15, 0.2) is 0 Å². The molecule has 6 heteroatoms. The Morgan fingerprint density at radius 1 is 0.727 bits per heavy atom. The summed E-state index contributed by atoms with van der Waals surface area (Å²) >= 11 is 0. The molecule has 2 N–H and O–H groups in total. The van der Waals surface area contributed by atoms with E-state index < -0.39 is 6.10 Å². The van der Waals surface area contributed by atoms with Gasteiger partial charge in [0, 0.05) is 23.7 Å². The second-order valence-electron chi connectivity index (χ2n) is 11.3. The quantitative estimate of drug-likeness (QED) is 0.164. The van der Waals surface area contributed by atoms with Gasteiger partial charge in [-0.25, -0.2) is 0 Å². The zero-order valence-corrected chi connectivity index (χ0v) is 25.1. The number of aliphatic hydroxyl groups is 1. The molecular formula is C38H39NO5. The maximum Gasteiger partial charge on any atom is 0.127 e. The van der Waals surface area contributed by atoms with Crippen molar-refractivity contribution in [2.24, 2.45) is 0 Å². The lowest BCUT2D eigenvalue weighted by atomic mass is 9.88. The molecule has 44 heavy (non-hydrogen) atoms. The van der Waals surface area contributed by atoms with Crippen molar-refractivity contribution in [1.82, 2.24) is 4.90 Å². The highest BCUT2D eigenvalue weighted by atomic mass is 16.5. The van der Waals surface area contributed by atoms with Crippen LogP contribution in [0.2, 0.25) is 0 Å². The Morgan fingerprint density at radius 2 is 1.45 bits per heavy atom. The summed E-state index contributed by atoms with van der Waals surface area (Å²) in [5.74, 6) is 2.16. The van der Waals surface area contributed by atoms with Gasteiger partial charge in [0.05, 0.1) is 7.11 Å². The zero-order chi connectivity index (χ0) is 30.3. The van der Waals surface area contributed by atoms with Gasteiger partial charge in [-0.15, -0.1) is 0 Å². The predicted octanol–water partition coefficient (Wildman–Crippen LogP) is 7.75. The fourth-order valence-corrected chi connectivity index (χ4v) is 5.95. The summed E-state index contributed by atoms with van der Waals surface area (Å²) in [6.07, 6.45) is 2.90. The minimum atomic E-state index is -0.946. The molecule has 0 saturated carbocycles. The van der Waals surface area contributed by atoms with Gasteiger partial charge < -0.3 is 24.4 Å². The van der Waals surface area contributed by atoms with Crippen molar-refractivity contribution >= 4 is 10.8 Å². The number of piperidine rings is 1. The molecule has 6 rings (SSSR count). The molecule has 1 heterocycles. The number of hydrogen-bond donors (Lipinski definition) is 2. The number of phenolic OH excluding ortho intramolecular Hbond substituents is 1. The smallest absolute Gasteiger partial charge is 0.127 e. The van der Waals surface area contributed by atoms with Gasteiger partial charge in [0.1, 0.15) is 42.3 Å². The number of methoxy groups -OCH3 is 1. The number of aliphatic hydroxyl groups excluding tert-OH is 1. The van der Waals surface area contributed by atoms with Crippen LogP contribution in [0.1, 0.15) is 42.1 Å². The number of rotatable bonds is 11. The summed E-state index contributed by atoms with van der Waals surface area (Å²) < 4.78 is 17.4. The Morgan fingerprint density at radius 3 is 2.20 bits per heavy atom. The van der Waals surface area contributed by atoms with E-state index in [4.69, 9.17) is 14.2 Å². The molecule has 1 saturated heterocycles. The van der Waals surface area contributed by atoms with Crippen LogP contribution >= 0.6 is 0 Å². The SMILES string of the molecule is COc1ccc2c(C(O)c3ccc(OCCN4CCCCC4)cc3)c(-c3ccc(OCc4ccccc4)cc3O)ccc2c1. The van der Waals surface area contributed by atoms with E-state index in [1.165, 1.54) is 19.3 Å². The van der Waals surface area contributed by atoms with Gasteiger partial charge in [-0.1, -0.05) is 67.1 Å². The Labute approximate surface area is 259 Å². The van der Waals surface area contributed by atoms with Crippen LogP contribution in [0.4, 0.5) is 0 Å². The van der Waals surface area contributed by atoms with E-state index in [0.717, 1.165) is 58.6 Å². The van der Waals surface area contributed by atoms with Gasteiger partial charge >= 0.3 is 0 Å². The lowest BCUT2D eigenvalue weighted by Gasteiger charge is -2.26. The normalized spacial score (nSPS) is 14.3. The van der Waals surface area contributed by atoms with Gasteiger partial charge in [0.25, 0.3) is 0 Å². The molecule has 0 spiro atoms. The minimum Gasteiger partial charge on any atom is -0.507 e. The molecule has 1 fully saturated rings. The van der Waals surface area contributed by atoms with Crippen molar-refractivity contribution in [3.05, 3.63) is 120 Å². The van der Waals surface area contributed by atoms with E-state index in [-0.39, 0.29) is 5.75 Å². The van der Waals surface area contributed by atoms with E-state index in [0.29, 0.717) is 30.1 Å². The number of aromatic hydroxyl groups is 1. The highest BCUT2D eigenvalue weighted by Crippen LogP contribution is 2.42. The largest absolute Gasteiger partial charge is 0.507 e. The maximum atomic E-state index is 11.9. The molecule has 1 aliphatic heterocycles. The van der Waals surface area contributed by atoms with Crippen LogP contribution in [0.15, 0.2) is 103 Å². The topological polar surface area (TPSA) is 71.4 Å². The average molecular weight is 590 g/mol. The van der Waals surface area contributed by atoms with Crippen molar-refractivity contribution in [3.63, 3.8) is 0 Å². The van der Waals surface area contributed by atoms with E-state index in [9.17, 15) is 10.2 Å². The van der Waals surface area contributed by atoms with Gasteiger partial charge in [-0.3, -0.25) is 4.90 Å². The number of phenols is 1. The summed E-state index contributed by atoms with van der Waals surface area (Å²) in [5.41, 5.74) is 3.84. The summed E-state index contributed by atoms with van der Waals surface area (Å²) in [4.78, 5) is 2.45. The lowest BCUT2D eigenvalue weighted by molar-refractivity contribution is 0.183. The monoisotopic (exact) mass is 589 g/mol. The van der Waals surface area contributed by atoms with Crippen LogP contribution in [-0.4, -0.2) is 48.5 Å². The maximum absolute atomic E-state index is 11.9. The number of hydrogen-bond acceptors (Lipinski definition) is 6. The lowest BCUT2D eigenvalue weighted by Crippen LogP contribution is -2.33. The number of benzene rings is 5. The van der Waals surface area contributed by atoms with E-state index in [1.807, 2.05) is 97.1 Å². The number of ether oxygens (including phenoxy) is 3. The second kappa shape index (κ2) is 13.8. The summed E-state index contributed by atoms with van der Waals surface area (Å²) in [6, 6.07) is 32.6. The molecule has 1 atom stereocenters. The van der Waals surface area contributed by atoms with Crippen LogP contribution in [0.3, 0.4) is 0 Å². The highest BCUT2D eigenvalue weighted by Gasteiger charge is 2.22. The van der Waals surface area contributed by atoms with Crippen molar-refractivity contribution in [3.8, 4) is 34.1 Å². The van der Waals surface area contributed by atoms with Crippen LogP contribution in [0.25, 0.3) is 21.9 Å². The highest BCUT2D eigenvalue weighted by molar-refractivity contribution is 5.94. The summed E-state index contributed by atoms with van der Waals surface area (Å²) in [6.45, 7) is 4.26. The molecule has 1 unspecified atom stereocenters. The molecule has 0 aliphatic carbocycles. The molecule has 5 aromatic carbocycles. The Bertz CT molecular complexity index is 1680. The average Bonchev–Trinajstić information content (AvgIpc) is 3.07. The number of likely N-dealkylation sites (tertiary alicyclic amines) is 1. The third-order valence-corrected chi connectivity index (χ3v) is 8.37. The Hall–Kier alpha value is -4.52. The van der Waals surface area contributed by atoms with Crippen molar-refractivity contribution in [2.45, 2.75) is 32.0 Å². The van der Waals surface area contributed by atoms with Crippen molar-refractivity contribution in [2.75, 3.05) is 33.4 Å². The predicted molar refractivity (Wildman–Crippen MR) is 175 cm³/mol. The first-order valence-corrected chi connectivity index (χ1v) is 15.3. The van der Waals surface area contributed by atoms with E-state index in [2.05, 4.69) is 4.90 Å². The van der Waals surface area contributed by atoms with Crippen molar-refractivity contribution < 1.29 is 24.4 Å². The number of fused-ring (bicyclic) bond motifs is 1. The molecule has 0 aromatic heterocycles. The first-order valence-electron chi connectivity index (χ1n) is 15.3. The van der Waals surface area contributed by atoms with Gasteiger partial charge in [-0.2, -0.15) is 0 Å².